The van der Waals surface area contributed by atoms with Crippen molar-refractivity contribution in [2.24, 2.45) is 0 Å². The zero-order chi connectivity index (χ0) is 10.2. The fourth-order valence-corrected chi connectivity index (χ4v) is 1.85. The van der Waals surface area contributed by atoms with E-state index in [2.05, 4.69) is 11.0 Å². The first-order valence-electron chi connectivity index (χ1n) is 5.44. The fourth-order valence-electron chi connectivity index (χ4n) is 1.72. The molecule has 2 nitrogen and oxygen atoms in total. The van der Waals surface area contributed by atoms with Crippen LogP contribution in [0.25, 0.3) is 0 Å². The van der Waals surface area contributed by atoms with Crippen LogP contribution in [0.3, 0.4) is 0 Å². The van der Waals surface area contributed by atoms with Crippen molar-refractivity contribution in [1.82, 2.24) is 4.90 Å². The van der Waals surface area contributed by atoms with E-state index >= 15 is 0 Å². The summed E-state index contributed by atoms with van der Waals surface area (Å²) in [6, 6.07) is 0.751. The van der Waals surface area contributed by atoms with Crippen LogP contribution < -0.4 is 0 Å². The molecule has 1 saturated carbocycles. The van der Waals surface area contributed by atoms with Gasteiger partial charge in [-0.1, -0.05) is 18.6 Å². The van der Waals surface area contributed by atoms with Gasteiger partial charge in [-0.05, 0) is 19.3 Å². The van der Waals surface area contributed by atoms with Crippen LogP contribution in [-0.4, -0.2) is 41.6 Å². The van der Waals surface area contributed by atoms with Gasteiger partial charge < -0.3 is 5.11 Å². The van der Waals surface area contributed by atoms with Crippen molar-refractivity contribution < 1.29 is 5.11 Å². The SMILES string of the molecule is OCCCN(C/C=C/CCl)C1CCC1. The van der Waals surface area contributed by atoms with Crippen LogP contribution in [0.1, 0.15) is 25.7 Å². The van der Waals surface area contributed by atoms with E-state index in [1.165, 1.54) is 19.3 Å². The molecule has 1 rings (SSSR count). The van der Waals surface area contributed by atoms with Crippen molar-refractivity contribution in [2.45, 2.75) is 31.7 Å². The molecule has 0 aliphatic heterocycles. The number of aliphatic hydroxyl groups is 1. The number of alkyl halides is 1. The Morgan fingerprint density at radius 3 is 2.64 bits per heavy atom. The second kappa shape index (κ2) is 7.27. The van der Waals surface area contributed by atoms with Crippen LogP contribution in [0.4, 0.5) is 0 Å². The lowest BCUT2D eigenvalue weighted by atomic mass is 9.91. The molecule has 3 heteroatoms. The van der Waals surface area contributed by atoms with Gasteiger partial charge in [0.15, 0.2) is 0 Å². The van der Waals surface area contributed by atoms with Crippen molar-refractivity contribution in [3.63, 3.8) is 0 Å². The van der Waals surface area contributed by atoms with Crippen LogP contribution >= 0.6 is 11.6 Å². The molecule has 1 fully saturated rings. The molecular formula is C11H20ClNO. The smallest absolute Gasteiger partial charge is 0.0443 e. The molecule has 0 atom stereocenters. The number of hydrogen-bond donors (Lipinski definition) is 1. The summed E-state index contributed by atoms with van der Waals surface area (Å²) in [5.41, 5.74) is 0. The largest absolute Gasteiger partial charge is 0.396 e. The maximum absolute atomic E-state index is 8.79. The lowest BCUT2D eigenvalue weighted by Gasteiger charge is -2.36. The van der Waals surface area contributed by atoms with Crippen LogP contribution in [-0.2, 0) is 0 Å². The van der Waals surface area contributed by atoms with Gasteiger partial charge in [0.1, 0.15) is 0 Å². The van der Waals surface area contributed by atoms with Crippen LogP contribution in [0, 0.1) is 0 Å². The third-order valence-electron chi connectivity index (χ3n) is 2.79. The van der Waals surface area contributed by atoms with E-state index in [-0.39, 0.29) is 0 Å². The molecule has 1 aliphatic carbocycles. The number of hydrogen-bond acceptors (Lipinski definition) is 2. The third-order valence-corrected chi connectivity index (χ3v) is 2.97. The molecule has 0 aromatic carbocycles. The highest BCUT2D eigenvalue weighted by molar-refractivity contribution is 6.18. The molecule has 0 amide bonds. The number of nitrogens with zero attached hydrogens (tertiary/aromatic N) is 1. The van der Waals surface area contributed by atoms with Gasteiger partial charge in [0.2, 0.25) is 0 Å². The lowest BCUT2D eigenvalue weighted by Crippen LogP contribution is -2.41. The van der Waals surface area contributed by atoms with Gasteiger partial charge in [-0.15, -0.1) is 11.6 Å². The van der Waals surface area contributed by atoms with Crippen LogP contribution in [0.5, 0.6) is 0 Å². The Morgan fingerprint density at radius 1 is 1.36 bits per heavy atom. The summed E-state index contributed by atoms with van der Waals surface area (Å²) in [5.74, 6) is 0.596. The first kappa shape index (κ1) is 12.0. The standard InChI is InChI=1S/C11H20ClNO/c12-7-1-2-8-13(9-4-10-14)11-5-3-6-11/h1-2,11,14H,3-10H2/b2-1+. The Balaban J connectivity index is 2.24. The van der Waals surface area contributed by atoms with E-state index < -0.39 is 0 Å². The van der Waals surface area contributed by atoms with Gasteiger partial charge in [-0.2, -0.15) is 0 Å². The van der Waals surface area contributed by atoms with E-state index in [4.69, 9.17) is 16.7 Å². The topological polar surface area (TPSA) is 23.5 Å². The highest BCUT2D eigenvalue weighted by Gasteiger charge is 2.23. The fraction of sp³-hybridized carbons (Fsp3) is 0.818. The third kappa shape index (κ3) is 3.99. The quantitative estimate of drug-likeness (QED) is 0.521. The minimum Gasteiger partial charge on any atom is -0.396 e. The number of rotatable bonds is 7. The molecule has 0 radical (unpaired) electrons. The number of halogens is 1. The van der Waals surface area contributed by atoms with Crippen LogP contribution in [0.2, 0.25) is 0 Å². The first-order chi connectivity index (χ1) is 6.88. The highest BCUT2D eigenvalue weighted by Crippen LogP contribution is 2.24. The molecular weight excluding hydrogens is 198 g/mol. The van der Waals surface area contributed by atoms with E-state index in [1.54, 1.807) is 0 Å². The zero-order valence-electron chi connectivity index (χ0n) is 8.66. The van der Waals surface area contributed by atoms with Gasteiger partial charge in [0.25, 0.3) is 0 Å². The molecule has 14 heavy (non-hydrogen) atoms. The average Bonchev–Trinajstić information content (AvgIpc) is 2.11. The summed E-state index contributed by atoms with van der Waals surface area (Å²) in [7, 11) is 0. The minimum absolute atomic E-state index is 0.294. The van der Waals surface area contributed by atoms with Crippen molar-refractivity contribution >= 4 is 11.6 Å². The highest BCUT2D eigenvalue weighted by atomic mass is 35.5. The molecule has 0 unspecified atom stereocenters. The van der Waals surface area contributed by atoms with E-state index in [0.29, 0.717) is 12.5 Å². The van der Waals surface area contributed by atoms with Gasteiger partial charge in [-0.25, -0.2) is 0 Å². The van der Waals surface area contributed by atoms with Crippen molar-refractivity contribution in [3.8, 4) is 0 Å². The van der Waals surface area contributed by atoms with Crippen molar-refractivity contribution in [3.05, 3.63) is 12.2 Å². The maximum Gasteiger partial charge on any atom is 0.0443 e. The molecule has 0 saturated heterocycles. The Kier molecular flexibility index (Phi) is 6.24. The molecule has 0 heterocycles. The summed E-state index contributed by atoms with van der Waals surface area (Å²) >= 11 is 5.57. The maximum atomic E-state index is 8.79. The Hall–Kier alpha value is -0.0500. The Bertz CT molecular complexity index is 169. The Labute approximate surface area is 91.6 Å². The second-order valence-electron chi connectivity index (χ2n) is 3.78. The zero-order valence-corrected chi connectivity index (χ0v) is 9.42. The number of allylic oxidation sites excluding steroid dienone is 1. The predicted molar refractivity (Wildman–Crippen MR) is 60.8 cm³/mol. The predicted octanol–water partition coefficient (Wildman–Crippen LogP) is 2.02. The molecule has 82 valence electrons. The monoisotopic (exact) mass is 217 g/mol. The molecule has 0 aromatic heterocycles. The van der Waals surface area contributed by atoms with Crippen LogP contribution in [0.15, 0.2) is 12.2 Å². The molecule has 1 aliphatic rings. The van der Waals surface area contributed by atoms with Gasteiger partial charge in [0.05, 0.1) is 0 Å². The second-order valence-corrected chi connectivity index (χ2v) is 4.09. The summed E-state index contributed by atoms with van der Waals surface area (Å²) in [4.78, 5) is 2.45. The number of aliphatic hydroxyl groups excluding tert-OH is 1. The van der Waals surface area contributed by atoms with E-state index in [1.807, 2.05) is 6.08 Å². The van der Waals surface area contributed by atoms with Gasteiger partial charge in [0, 0.05) is 31.6 Å². The van der Waals surface area contributed by atoms with Gasteiger partial charge in [-0.3, -0.25) is 4.90 Å². The van der Waals surface area contributed by atoms with E-state index in [0.717, 1.165) is 25.6 Å². The first-order valence-corrected chi connectivity index (χ1v) is 5.97. The lowest BCUT2D eigenvalue weighted by molar-refractivity contribution is 0.130. The van der Waals surface area contributed by atoms with Crippen molar-refractivity contribution in [1.29, 1.82) is 0 Å². The molecule has 0 spiro atoms. The molecule has 1 N–H and O–H groups in total. The summed E-state index contributed by atoms with van der Waals surface area (Å²) in [6.45, 7) is 2.29. The molecule has 0 bridgehead atoms. The van der Waals surface area contributed by atoms with E-state index in [9.17, 15) is 0 Å². The minimum atomic E-state index is 0.294. The normalized spacial score (nSPS) is 17.9. The molecule has 0 aromatic rings. The van der Waals surface area contributed by atoms with Gasteiger partial charge >= 0.3 is 0 Å². The summed E-state index contributed by atoms with van der Waals surface area (Å²) < 4.78 is 0. The summed E-state index contributed by atoms with van der Waals surface area (Å²) in [6.07, 6.45) is 9.00. The Morgan fingerprint density at radius 2 is 2.14 bits per heavy atom. The summed E-state index contributed by atoms with van der Waals surface area (Å²) in [5, 5.41) is 8.79. The average molecular weight is 218 g/mol. The van der Waals surface area contributed by atoms with Crippen molar-refractivity contribution in [2.75, 3.05) is 25.6 Å².